The summed E-state index contributed by atoms with van der Waals surface area (Å²) in [5, 5.41) is 11.6. The highest BCUT2D eigenvalue weighted by molar-refractivity contribution is 6.11. The lowest BCUT2D eigenvalue weighted by Crippen LogP contribution is -2.11. The van der Waals surface area contributed by atoms with Crippen molar-refractivity contribution < 1.29 is 13.2 Å². The van der Waals surface area contributed by atoms with Gasteiger partial charge >= 0.3 is 6.18 Å². The van der Waals surface area contributed by atoms with Crippen LogP contribution in [0.15, 0.2) is 212 Å². The second-order valence-electron chi connectivity index (χ2n) is 16.1. The van der Waals surface area contributed by atoms with Gasteiger partial charge in [0.15, 0.2) is 11.6 Å². The minimum absolute atomic E-state index is 0.0898. The summed E-state index contributed by atoms with van der Waals surface area (Å²) in [6.45, 7) is 0. The minimum atomic E-state index is -4.79. The van der Waals surface area contributed by atoms with Crippen molar-refractivity contribution in [3.63, 3.8) is 0 Å². The first-order chi connectivity index (χ1) is 32.8. The second kappa shape index (κ2) is 16.8. The predicted molar refractivity (Wildman–Crippen MR) is 260 cm³/mol. The number of fused-ring (bicyclic) bond motifs is 3. The number of halogens is 3. The highest BCUT2D eigenvalue weighted by atomic mass is 19.4. The van der Waals surface area contributed by atoms with E-state index in [0.717, 1.165) is 50.2 Å². The summed E-state index contributed by atoms with van der Waals surface area (Å²) in [4.78, 5) is 20.4. The molecule has 3 aromatic heterocycles. The molecule has 11 rings (SSSR count). The third kappa shape index (κ3) is 7.77. The van der Waals surface area contributed by atoms with E-state index in [-0.39, 0.29) is 22.6 Å². The van der Waals surface area contributed by atoms with Crippen molar-refractivity contribution >= 4 is 21.8 Å². The lowest BCUT2D eigenvalue weighted by molar-refractivity contribution is -0.137. The monoisotopic (exact) mass is 872 g/mol. The SMILES string of the molecule is N#Cc1cccc(-c2ccc3c4ccccc4n(-c4c(-c5cc(-c6ccccc6)nc(-c6ccccc6)n5)cc(C(F)(F)F)cc4-c4nc(-c5ccccc5)cc(-c5ccccc5)n4)c3c2)c1. The van der Waals surface area contributed by atoms with Gasteiger partial charge in [-0.05, 0) is 59.7 Å². The van der Waals surface area contributed by atoms with Crippen LogP contribution in [0.1, 0.15) is 11.1 Å². The molecule has 0 radical (unpaired) electrons. The zero-order chi connectivity index (χ0) is 45.5. The maximum atomic E-state index is 15.7. The van der Waals surface area contributed by atoms with E-state index in [1.54, 1.807) is 12.1 Å². The fourth-order valence-corrected chi connectivity index (χ4v) is 8.70. The maximum absolute atomic E-state index is 15.7. The quantitative estimate of drug-likeness (QED) is 0.152. The predicted octanol–water partition coefficient (Wildman–Crippen LogP) is 14.9. The summed E-state index contributed by atoms with van der Waals surface area (Å²) in [7, 11) is 0. The second-order valence-corrected chi connectivity index (χ2v) is 16.1. The van der Waals surface area contributed by atoms with Crippen molar-refractivity contribution in [3.05, 3.63) is 223 Å². The minimum Gasteiger partial charge on any atom is -0.308 e. The first kappa shape index (κ1) is 40.8. The molecule has 0 saturated carbocycles. The normalized spacial score (nSPS) is 11.5. The molecule has 0 fully saturated rings. The molecule has 0 unspecified atom stereocenters. The molecule has 0 spiro atoms. The van der Waals surface area contributed by atoms with Crippen LogP contribution in [0.4, 0.5) is 13.2 Å². The largest absolute Gasteiger partial charge is 0.416 e. The Morgan fingerprint density at radius 1 is 0.388 bits per heavy atom. The molecule has 0 N–H and O–H groups in total. The average molecular weight is 873 g/mol. The topological polar surface area (TPSA) is 80.3 Å². The molecule has 0 aliphatic carbocycles. The van der Waals surface area contributed by atoms with Gasteiger partial charge in [-0.15, -0.1) is 0 Å². The molecular formula is C58H35F3N6. The maximum Gasteiger partial charge on any atom is 0.416 e. The number of para-hydroxylation sites is 1. The Morgan fingerprint density at radius 3 is 1.46 bits per heavy atom. The number of alkyl halides is 3. The number of aromatic nitrogens is 5. The Bertz CT molecular complexity index is 3410. The third-order valence-electron chi connectivity index (χ3n) is 11.9. The Hall–Kier alpha value is -9.00. The number of hydrogen-bond donors (Lipinski definition) is 0. The Morgan fingerprint density at radius 2 is 0.866 bits per heavy atom. The van der Waals surface area contributed by atoms with E-state index >= 15 is 13.2 Å². The first-order valence-electron chi connectivity index (χ1n) is 21.6. The van der Waals surface area contributed by atoms with Crippen LogP contribution in [-0.4, -0.2) is 24.5 Å². The van der Waals surface area contributed by atoms with Crippen LogP contribution in [0.3, 0.4) is 0 Å². The lowest BCUT2D eigenvalue weighted by atomic mass is 9.96. The lowest BCUT2D eigenvalue weighted by Gasteiger charge is -2.22. The van der Waals surface area contributed by atoms with E-state index in [4.69, 9.17) is 19.9 Å². The van der Waals surface area contributed by atoms with E-state index in [0.29, 0.717) is 45.2 Å². The van der Waals surface area contributed by atoms with Crippen molar-refractivity contribution in [3.8, 4) is 90.7 Å². The van der Waals surface area contributed by atoms with Crippen LogP contribution in [0.25, 0.3) is 106 Å². The molecule has 9 heteroatoms. The first-order valence-corrected chi connectivity index (χ1v) is 21.6. The van der Waals surface area contributed by atoms with Gasteiger partial charge < -0.3 is 4.57 Å². The van der Waals surface area contributed by atoms with Crippen molar-refractivity contribution in [2.24, 2.45) is 0 Å². The highest BCUT2D eigenvalue weighted by Gasteiger charge is 2.35. The number of benzene rings is 8. The zero-order valence-electron chi connectivity index (χ0n) is 35.5. The van der Waals surface area contributed by atoms with Crippen LogP contribution < -0.4 is 0 Å². The molecule has 8 aromatic carbocycles. The molecule has 0 aliphatic rings. The molecule has 0 amide bonds. The van der Waals surface area contributed by atoms with E-state index in [1.807, 2.05) is 193 Å². The van der Waals surface area contributed by atoms with Gasteiger partial charge in [-0.25, -0.2) is 19.9 Å². The van der Waals surface area contributed by atoms with Crippen molar-refractivity contribution in [1.82, 2.24) is 24.5 Å². The van der Waals surface area contributed by atoms with Gasteiger partial charge in [-0.3, -0.25) is 0 Å². The fourth-order valence-electron chi connectivity index (χ4n) is 8.70. The number of rotatable bonds is 8. The fraction of sp³-hybridized carbons (Fsp3) is 0.0172. The number of nitriles is 1. The highest BCUT2D eigenvalue weighted by Crippen LogP contribution is 2.46. The summed E-state index contributed by atoms with van der Waals surface area (Å²) in [6, 6.07) is 67.6. The standard InChI is InChI=1S/C58H35F3N6/c59-58(60,61)44-32-47(52-35-51(40-21-9-3-10-22-40)63-56(66-52)41-23-11-4-12-24-41)55(48(33-44)57-64-49(38-17-5-1-6-18-38)34-50(65-57)39-19-7-2-8-20-39)67-53-27-14-13-26-45(53)46-29-28-43(31-54(46)67)42-25-15-16-37(30-42)36-62/h1-35H. The van der Waals surface area contributed by atoms with Gasteiger partial charge in [0.2, 0.25) is 0 Å². The molecule has 0 atom stereocenters. The third-order valence-corrected chi connectivity index (χ3v) is 11.9. The molecule has 0 bridgehead atoms. The summed E-state index contributed by atoms with van der Waals surface area (Å²) in [5.74, 6) is 0.435. The van der Waals surface area contributed by atoms with Crippen LogP contribution in [0, 0.1) is 11.3 Å². The molecule has 6 nitrogen and oxygen atoms in total. The van der Waals surface area contributed by atoms with Gasteiger partial charge in [0.1, 0.15) is 0 Å². The smallest absolute Gasteiger partial charge is 0.308 e. The van der Waals surface area contributed by atoms with E-state index < -0.39 is 11.7 Å². The molecule has 3 heterocycles. The van der Waals surface area contributed by atoms with E-state index in [9.17, 15) is 5.26 Å². The molecule has 67 heavy (non-hydrogen) atoms. The van der Waals surface area contributed by atoms with E-state index in [1.165, 1.54) is 6.07 Å². The molecule has 11 aromatic rings. The average Bonchev–Trinajstić information content (AvgIpc) is 3.72. The van der Waals surface area contributed by atoms with E-state index in [2.05, 4.69) is 6.07 Å². The molecular weight excluding hydrogens is 838 g/mol. The van der Waals surface area contributed by atoms with Crippen LogP contribution in [0.2, 0.25) is 0 Å². The summed E-state index contributed by atoms with van der Waals surface area (Å²) < 4.78 is 49.2. The Labute approximate surface area is 383 Å². The van der Waals surface area contributed by atoms with Gasteiger partial charge in [0.25, 0.3) is 0 Å². The van der Waals surface area contributed by atoms with Crippen molar-refractivity contribution in [1.29, 1.82) is 5.26 Å². The van der Waals surface area contributed by atoms with Gasteiger partial charge in [0, 0.05) is 44.2 Å². The Balaban J connectivity index is 1.32. The van der Waals surface area contributed by atoms with Gasteiger partial charge in [0.05, 0.1) is 56.7 Å². The van der Waals surface area contributed by atoms with Gasteiger partial charge in [-0.2, -0.15) is 18.4 Å². The summed E-state index contributed by atoms with van der Waals surface area (Å²) >= 11 is 0. The molecule has 318 valence electrons. The summed E-state index contributed by atoms with van der Waals surface area (Å²) in [6.07, 6.45) is -4.79. The summed E-state index contributed by atoms with van der Waals surface area (Å²) in [5.41, 5.74) is 8.30. The van der Waals surface area contributed by atoms with Gasteiger partial charge in [-0.1, -0.05) is 164 Å². The van der Waals surface area contributed by atoms with Crippen molar-refractivity contribution in [2.45, 2.75) is 6.18 Å². The molecule has 0 saturated heterocycles. The van der Waals surface area contributed by atoms with Crippen LogP contribution in [-0.2, 0) is 6.18 Å². The number of nitrogens with zero attached hydrogens (tertiary/aromatic N) is 6. The zero-order valence-corrected chi connectivity index (χ0v) is 35.5. The van der Waals surface area contributed by atoms with Crippen LogP contribution >= 0.6 is 0 Å². The molecule has 0 aliphatic heterocycles. The number of hydrogen-bond acceptors (Lipinski definition) is 5. The Kier molecular flexibility index (Phi) is 10.2. The van der Waals surface area contributed by atoms with Crippen molar-refractivity contribution in [2.75, 3.05) is 0 Å². The van der Waals surface area contributed by atoms with Crippen LogP contribution in [0.5, 0.6) is 0 Å².